The van der Waals surface area contributed by atoms with Crippen LogP contribution in [0.25, 0.3) is 0 Å². The highest BCUT2D eigenvalue weighted by atomic mass is 35.5. The molecule has 1 aromatic carbocycles. The van der Waals surface area contributed by atoms with Crippen LogP contribution in [0.4, 0.5) is 14.5 Å². The second-order valence-electron chi connectivity index (χ2n) is 5.93. The smallest absolute Gasteiger partial charge is 0.238 e. The molecule has 134 valence electrons. The molecule has 1 aliphatic rings. The zero-order valence-corrected chi connectivity index (χ0v) is 15.0. The van der Waals surface area contributed by atoms with Crippen LogP contribution in [0, 0.1) is 11.6 Å². The Morgan fingerprint density at radius 3 is 2.52 bits per heavy atom. The minimum absolute atomic E-state index is 0.127. The quantitative estimate of drug-likeness (QED) is 0.856. The van der Waals surface area contributed by atoms with E-state index in [0.29, 0.717) is 0 Å². The fourth-order valence-corrected chi connectivity index (χ4v) is 3.88. The van der Waals surface area contributed by atoms with E-state index in [-0.39, 0.29) is 18.1 Å². The van der Waals surface area contributed by atoms with Gasteiger partial charge in [0.1, 0.15) is 11.6 Å². The molecular formula is C17H18ClF2N3OS. The van der Waals surface area contributed by atoms with Gasteiger partial charge in [-0.25, -0.2) is 8.78 Å². The Kier molecular flexibility index (Phi) is 6.01. The first-order valence-corrected chi connectivity index (χ1v) is 9.13. The molecule has 1 aliphatic heterocycles. The Morgan fingerprint density at radius 1 is 1.12 bits per heavy atom. The molecule has 2 aromatic rings. The molecule has 0 unspecified atom stereocenters. The van der Waals surface area contributed by atoms with Gasteiger partial charge in [-0.1, -0.05) is 11.6 Å². The molecule has 0 bridgehead atoms. The van der Waals surface area contributed by atoms with Gasteiger partial charge in [-0.15, -0.1) is 11.3 Å². The van der Waals surface area contributed by atoms with E-state index in [2.05, 4.69) is 10.2 Å². The van der Waals surface area contributed by atoms with E-state index in [1.807, 2.05) is 17.0 Å². The van der Waals surface area contributed by atoms with Crippen molar-refractivity contribution in [1.29, 1.82) is 0 Å². The SMILES string of the molecule is O=C(CN1CCN(Cc2ccc(Cl)s2)CC1)Nc1cc(F)ccc1F. The molecule has 8 heteroatoms. The van der Waals surface area contributed by atoms with E-state index in [1.165, 1.54) is 4.88 Å². The lowest BCUT2D eigenvalue weighted by atomic mass is 10.2. The van der Waals surface area contributed by atoms with Crippen molar-refractivity contribution in [3.05, 3.63) is 51.2 Å². The highest BCUT2D eigenvalue weighted by molar-refractivity contribution is 7.16. The number of anilines is 1. The van der Waals surface area contributed by atoms with Crippen molar-refractivity contribution in [3.63, 3.8) is 0 Å². The van der Waals surface area contributed by atoms with Gasteiger partial charge < -0.3 is 5.32 Å². The number of halogens is 3. The van der Waals surface area contributed by atoms with E-state index in [4.69, 9.17) is 11.6 Å². The third kappa shape index (κ3) is 5.22. The number of piperazine rings is 1. The molecule has 1 amide bonds. The second-order valence-corrected chi connectivity index (χ2v) is 7.73. The van der Waals surface area contributed by atoms with Crippen molar-refractivity contribution in [3.8, 4) is 0 Å². The molecule has 1 saturated heterocycles. The minimum atomic E-state index is -0.644. The number of nitrogens with one attached hydrogen (secondary N) is 1. The number of hydrogen-bond acceptors (Lipinski definition) is 4. The maximum Gasteiger partial charge on any atom is 0.238 e. The molecule has 4 nitrogen and oxygen atoms in total. The maximum absolute atomic E-state index is 13.6. The highest BCUT2D eigenvalue weighted by Gasteiger charge is 2.20. The number of rotatable bonds is 5. The number of amides is 1. The molecule has 1 fully saturated rings. The zero-order chi connectivity index (χ0) is 17.8. The Morgan fingerprint density at radius 2 is 1.84 bits per heavy atom. The summed E-state index contributed by atoms with van der Waals surface area (Å²) in [6.45, 7) is 4.20. The molecule has 2 heterocycles. The van der Waals surface area contributed by atoms with Crippen molar-refractivity contribution in [2.24, 2.45) is 0 Å². The molecule has 0 aliphatic carbocycles. The van der Waals surface area contributed by atoms with Crippen LogP contribution < -0.4 is 5.32 Å². The summed E-state index contributed by atoms with van der Waals surface area (Å²) >= 11 is 7.52. The fraction of sp³-hybridized carbons (Fsp3) is 0.353. The predicted molar refractivity (Wildman–Crippen MR) is 96.0 cm³/mol. The topological polar surface area (TPSA) is 35.6 Å². The second kappa shape index (κ2) is 8.23. The van der Waals surface area contributed by atoms with Crippen molar-refractivity contribution < 1.29 is 13.6 Å². The van der Waals surface area contributed by atoms with Crippen LogP contribution in [0.3, 0.4) is 0 Å². The lowest BCUT2D eigenvalue weighted by molar-refractivity contribution is -0.117. The van der Waals surface area contributed by atoms with Crippen LogP contribution in [-0.2, 0) is 11.3 Å². The normalized spacial score (nSPS) is 16.1. The van der Waals surface area contributed by atoms with E-state index >= 15 is 0 Å². The molecule has 1 N–H and O–H groups in total. The van der Waals surface area contributed by atoms with E-state index in [1.54, 1.807) is 11.3 Å². The fourth-order valence-electron chi connectivity index (χ4n) is 2.75. The van der Waals surface area contributed by atoms with E-state index in [9.17, 15) is 13.6 Å². The molecule has 0 atom stereocenters. The van der Waals surface area contributed by atoms with Gasteiger partial charge in [0, 0.05) is 43.7 Å². The highest BCUT2D eigenvalue weighted by Crippen LogP contribution is 2.23. The molecule has 25 heavy (non-hydrogen) atoms. The van der Waals surface area contributed by atoms with Gasteiger partial charge in [0.2, 0.25) is 5.91 Å². The van der Waals surface area contributed by atoms with Gasteiger partial charge in [0.05, 0.1) is 16.6 Å². The van der Waals surface area contributed by atoms with Gasteiger partial charge in [-0.3, -0.25) is 14.6 Å². The Bertz CT molecular complexity index is 747. The van der Waals surface area contributed by atoms with Crippen LogP contribution in [0.1, 0.15) is 4.88 Å². The predicted octanol–water partition coefficient (Wildman–Crippen LogP) is 3.44. The summed E-state index contributed by atoms with van der Waals surface area (Å²) in [4.78, 5) is 17.6. The maximum atomic E-state index is 13.6. The zero-order valence-electron chi connectivity index (χ0n) is 13.5. The summed E-state index contributed by atoms with van der Waals surface area (Å²) in [7, 11) is 0. The number of thiophene rings is 1. The first kappa shape index (κ1) is 18.3. The summed E-state index contributed by atoms with van der Waals surface area (Å²) in [6.07, 6.45) is 0. The Labute approximate surface area is 154 Å². The number of benzene rings is 1. The molecule has 1 aromatic heterocycles. The first-order valence-electron chi connectivity index (χ1n) is 7.93. The standard InChI is InChI=1S/C17H18ClF2N3OS/c18-16-4-2-13(25-16)10-22-5-7-23(8-6-22)11-17(24)21-15-9-12(19)1-3-14(15)20/h1-4,9H,5-8,10-11H2,(H,21,24). The summed E-state index contributed by atoms with van der Waals surface area (Å²) in [5.74, 6) is -1.57. The molecule has 0 radical (unpaired) electrons. The van der Waals surface area contributed by atoms with Gasteiger partial charge >= 0.3 is 0 Å². The lowest BCUT2D eigenvalue weighted by Crippen LogP contribution is -2.48. The Hall–Kier alpha value is -1.54. The monoisotopic (exact) mass is 385 g/mol. The molecule has 0 saturated carbocycles. The molecule has 3 rings (SSSR count). The van der Waals surface area contributed by atoms with Crippen molar-refractivity contribution in [2.75, 3.05) is 38.0 Å². The summed E-state index contributed by atoms with van der Waals surface area (Å²) in [6, 6.07) is 6.93. The van der Waals surface area contributed by atoms with Crippen LogP contribution in [-0.4, -0.2) is 48.4 Å². The average molecular weight is 386 g/mol. The first-order chi connectivity index (χ1) is 12.0. The number of carbonyl (C=O) groups excluding carboxylic acids is 1. The molecular weight excluding hydrogens is 368 g/mol. The third-order valence-electron chi connectivity index (χ3n) is 4.04. The summed E-state index contributed by atoms with van der Waals surface area (Å²) < 4.78 is 27.5. The van der Waals surface area contributed by atoms with Gasteiger partial charge in [0.25, 0.3) is 0 Å². The Balaban J connectivity index is 1.45. The van der Waals surface area contributed by atoms with Gasteiger partial charge in [0.15, 0.2) is 0 Å². The largest absolute Gasteiger partial charge is 0.322 e. The van der Waals surface area contributed by atoms with Crippen molar-refractivity contribution in [1.82, 2.24) is 9.80 Å². The van der Waals surface area contributed by atoms with Crippen LogP contribution >= 0.6 is 22.9 Å². The van der Waals surface area contributed by atoms with Gasteiger partial charge in [-0.2, -0.15) is 0 Å². The molecule has 0 spiro atoms. The minimum Gasteiger partial charge on any atom is -0.322 e. The summed E-state index contributed by atoms with van der Waals surface area (Å²) in [5, 5.41) is 2.43. The summed E-state index contributed by atoms with van der Waals surface area (Å²) in [5.41, 5.74) is -0.127. The number of nitrogens with zero attached hydrogens (tertiary/aromatic N) is 2. The van der Waals surface area contributed by atoms with Crippen molar-refractivity contribution in [2.45, 2.75) is 6.54 Å². The lowest BCUT2D eigenvalue weighted by Gasteiger charge is -2.34. The number of hydrogen-bond donors (Lipinski definition) is 1. The van der Waals surface area contributed by atoms with Gasteiger partial charge in [-0.05, 0) is 24.3 Å². The van der Waals surface area contributed by atoms with Crippen LogP contribution in [0.5, 0.6) is 0 Å². The third-order valence-corrected chi connectivity index (χ3v) is 5.26. The average Bonchev–Trinajstić information content (AvgIpc) is 2.98. The van der Waals surface area contributed by atoms with Crippen LogP contribution in [0.2, 0.25) is 4.34 Å². The van der Waals surface area contributed by atoms with Crippen LogP contribution in [0.15, 0.2) is 30.3 Å². The number of carbonyl (C=O) groups is 1. The van der Waals surface area contributed by atoms with E-state index in [0.717, 1.165) is 55.3 Å². The van der Waals surface area contributed by atoms with Crippen molar-refractivity contribution >= 4 is 34.5 Å². The van der Waals surface area contributed by atoms with E-state index < -0.39 is 11.6 Å².